The van der Waals surface area contributed by atoms with Crippen LogP contribution >= 0.6 is 11.6 Å². The molecule has 0 spiro atoms. The van der Waals surface area contributed by atoms with Crippen molar-refractivity contribution in [1.29, 1.82) is 0 Å². The van der Waals surface area contributed by atoms with Crippen LogP contribution < -0.4 is 5.32 Å². The van der Waals surface area contributed by atoms with Crippen molar-refractivity contribution in [1.82, 2.24) is 4.90 Å². The molecule has 0 radical (unpaired) electrons. The molecule has 2 N–H and O–H groups in total. The highest BCUT2D eigenvalue weighted by Gasteiger charge is 2.34. The van der Waals surface area contributed by atoms with Gasteiger partial charge in [-0.25, -0.2) is 4.79 Å². The highest BCUT2D eigenvalue weighted by Crippen LogP contribution is 2.25. The second-order valence-electron chi connectivity index (χ2n) is 7.62. The second-order valence-corrected chi connectivity index (χ2v) is 8.06. The maximum atomic E-state index is 13.0. The average Bonchev–Trinajstić information content (AvgIpc) is 3.47. The third-order valence-corrected chi connectivity index (χ3v) is 5.72. The monoisotopic (exact) mass is 452 g/mol. The van der Waals surface area contributed by atoms with Gasteiger partial charge in [-0.15, -0.1) is 0 Å². The van der Waals surface area contributed by atoms with Crippen LogP contribution in [0.3, 0.4) is 0 Å². The molecule has 1 saturated heterocycles. The molecule has 1 aliphatic rings. The summed E-state index contributed by atoms with van der Waals surface area (Å²) in [7, 11) is 0. The lowest BCUT2D eigenvalue weighted by atomic mass is 10.0. The molecule has 1 fully saturated rings. The number of nitrogens with one attached hydrogen (secondary N) is 1. The molecule has 1 aliphatic heterocycles. The molecule has 32 heavy (non-hydrogen) atoms. The van der Waals surface area contributed by atoms with E-state index < -0.39 is 17.9 Å². The van der Waals surface area contributed by atoms with Crippen molar-refractivity contribution in [2.24, 2.45) is 0 Å². The number of carbonyl (C=O) groups is 3. The number of hydrogen-bond donors (Lipinski definition) is 2. The number of furan rings is 1. The molecular formula is C24H21ClN2O5. The number of carboxylic acid groups (broad SMARTS) is 1. The largest absolute Gasteiger partial charge is 0.478 e. The van der Waals surface area contributed by atoms with Crippen LogP contribution in [0.15, 0.2) is 65.5 Å². The van der Waals surface area contributed by atoms with Gasteiger partial charge < -0.3 is 19.7 Å². The molecule has 1 atom stereocenters. The fraction of sp³-hybridized carbons (Fsp3) is 0.208. The number of benzene rings is 2. The van der Waals surface area contributed by atoms with Gasteiger partial charge in [-0.1, -0.05) is 35.9 Å². The van der Waals surface area contributed by atoms with E-state index >= 15 is 0 Å². The van der Waals surface area contributed by atoms with Crippen LogP contribution in [0.1, 0.15) is 28.8 Å². The van der Waals surface area contributed by atoms with Crippen LogP contribution in [0.4, 0.5) is 5.69 Å². The molecule has 2 aromatic carbocycles. The van der Waals surface area contributed by atoms with Crippen LogP contribution in [0, 0.1) is 0 Å². The summed E-state index contributed by atoms with van der Waals surface area (Å²) in [5.41, 5.74) is 2.76. The summed E-state index contributed by atoms with van der Waals surface area (Å²) in [6, 6.07) is 13.1. The van der Waals surface area contributed by atoms with Crippen LogP contribution in [0.25, 0.3) is 11.1 Å². The first-order valence-corrected chi connectivity index (χ1v) is 10.5. The number of amides is 2. The lowest BCUT2D eigenvalue weighted by Gasteiger charge is -2.24. The minimum absolute atomic E-state index is 0.0993. The SMILES string of the molecule is O=C(O)c1cc(Cl)ccc1NC(=O)[C@H]1CCCN1C(=O)Cc1cccc(-c2ccoc2)c1. The summed E-state index contributed by atoms with van der Waals surface area (Å²) in [6.45, 7) is 0.477. The molecule has 0 saturated carbocycles. The Hall–Kier alpha value is -3.58. The van der Waals surface area contributed by atoms with Gasteiger partial charge in [-0.3, -0.25) is 9.59 Å². The number of aromatic carboxylic acids is 1. The first kappa shape index (κ1) is 21.6. The first-order valence-electron chi connectivity index (χ1n) is 10.2. The molecule has 0 aliphatic carbocycles. The average molecular weight is 453 g/mol. The van der Waals surface area contributed by atoms with E-state index in [2.05, 4.69) is 5.32 Å². The summed E-state index contributed by atoms with van der Waals surface area (Å²) in [4.78, 5) is 39.0. The van der Waals surface area contributed by atoms with Crippen molar-refractivity contribution in [3.8, 4) is 11.1 Å². The summed E-state index contributed by atoms with van der Waals surface area (Å²) in [5, 5.41) is 12.3. The third-order valence-electron chi connectivity index (χ3n) is 5.48. The number of likely N-dealkylation sites (tertiary alicyclic amines) is 1. The Bertz CT molecular complexity index is 1160. The first-order chi connectivity index (χ1) is 15.4. The number of rotatable bonds is 6. The molecule has 2 amide bonds. The zero-order valence-electron chi connectivity index (χ0n) is 17.1. The summed E-state index contributed by atoms with van der Waals surface area (Å²) < 4.78 is 5.13. The van der Waals surface area contributed by atoms with E-state index in [1.54, 1.807) is 17.4 Å². The Morgan fingerprint density at radius 1 is 1.12 bits per heavy atom. The van der Waals surface area contributed by atoms with Gasteiger partial charge in [0.1, 0.15) is 6.04 Å². The summed E-state index contributed by atoms with van der Waals surface area (Å²) in [5.74, 6) is -1.76. The van der Waals surface area contributed by atoms with Crippen LogP contribution in [-0.4, -0.2) is 40.4 Å². The molecule has 1 aromatic heterocycles. The highest BCUT2D eigenvalue weighted by atomic mass is 35.5. The van der Waals surface area contributed by atoms with Crippen molar-refractivity contribution in [3.63, 3.8) is 0 Å². The third kappa shape index (κ3) is 4.68. The van der Waals surface area contributed by atoms with E-state index in [1.165, 1.54) is 18.2 Å². The van der Waals surface area contributed by atoms with E-state index in [-0.39, 0.29) is 28.6 Å². The smallest absolute Gasteiger partial charge is 0.337 e. The Morgan fingerprint density at radius 2 is 1.97 bits per heavy atom. The van der Waals surface area contributed by atoms with Crippen molar-refractivity contribution in [2.75, 3.05) is 11.9 Å². The highest BCUT2D eigenvalue weighted by molar-refractivity contribution is 6.31. The Morgan fingerprint density at radius 3 is 2.72 bits per heavy atom. The molecule has 8 heteroatoms. The van der Waals surface area contributed by atoms with Gasteiger partial charge in [0.2, 0.25) is 11.8 Å². The van der Waals surface area contributed by atoms with Crippen molar-refractivity contribution >= 4 is 35.1 Å². The summed E-state index contributed by atoms with van der Waals surface area (Å²) in [6.07, 6.45) is 4.62. The van der Waals surface area contributed by atoms with Crippen molar-refractivity contribution in [3.05, 3.63) is 77.2 Å². The van der Waals surface area contributed by atoms with Crippen LogP contribution in [0.2, 0.25) is 5.02 Å². The molecule has 7 nitrogen and oxygen atoms in total. The Labute approximate surface area is 189 Å². The number of nitrogens with zero attached hydrogens (tertiary/aromatic N) is 1. The lowest BCUT2D eigenvalue weighted by molar-refractivity contribution is -0.136. The lowest BCUT2D eigenvalue weighted by Crippen LogP contribution is -2.44. The zero-order valence-corrected chi connectivity index (χ0v) is 17.8. The van der Waals surface area contributed by atoms with E-state index in [0.717, 1.165) is 16.7 Å². The van der Waals surface area contributed by atoms with Gasteiger partial charge in [0.15, 0.2) is 0 Å². The van der Waals surface area contributed by atoms with Gasteiger partial charge in [0, 0.05) is 17.1 Å². The van der Waals surface area contributed by atoms with Gasteiger partial charge in [-0.05, 0) is 48.2 Å². The molecule has 3 aromatic rings. The number of hydrogen-bond acceptors (Lipinski definition) is 4. The predicted octanol–water partition coefficient (Wildman–Crippen LogP) is 4.47. The van der Waals surface area contributed by atoms with E-state index in [1.807, 2.05) is 30.3 Å². The standard InChI is InChI=1S/C24H21ClN2O5/c25-18-6-7-20(19(13-18)24(30)31)26-23(29)21-5-2-9-27(21)22(28)12-15-3-1-4-16(11-15)17-8-10-32-14-17/h1,3-4,6-8,10-11,13-14,21H,2,5,9,12H2,(H,26,29)(H,30,31)/t21-/m1/s1. The number of halogens is 1. The molecule has 4 rings (SSSR count). The number of carbonyl (C=O) groups excluding carboxylic acids is 2. The molecule has 164 valence electrons. The number of anilines is 1. The van der Waals surface area contributed by atoms with E-state index in [9.17, 15) is 19.5 Å². The molecule has 0 unspecified atom stereocenters. The molecule has 0 bridgehead atoms. The maximum absolute atomic E-state index is 13.0. The van der Waals surface area contributed by atoms with Crippen LogP contribution in [-0.2, 0) is 16.0 Å². The molecular weight excluding hydrogens is 432 g/mol. The second kappa shape index (κ2) is 9.28. The van der Waals surface area contributed by atoms with E-state index in [4.69, 9.17) is 16.0 Å². The van der Waals surface area contributed by atoms with Gasteiger partial charge in [-0.2, -0.15) is 0 Å². The van der Waals surface area contributed by atoms with Gasteiger partial charge in [0.25, 0.3) is 0 Å². The summed E-state index contributed by atoms with van der Waals surface area (Å²) >= 11 is 5.88. The fourth-order valence-electron chi connectivity index (χ4n) is 3.92. The van der Waals surface area contributed by atoms with Crippen LogP contribution in [0.5, 0.6) is 0 Å². The topological polar surface area (TPSA) is 99.9 Å². The predicted molar refractivity (Wildman–Crippen MR) is 120 cm³/mol. The van der Waals surface area contributed by atoms with Gasteiger partial charge in [0.05, 0.1) is 30.2 Å². The fourth-order valence-corrected chi connectivity index (χ4v) is 4.09. The van der Waals surface area contributed by atoms with E-state index in [0.29, 0.717) is 19.4 Å². The Kier molecular flexibility index (Phi) is 6.28. The quantitative estimate of drug-likeness (QED) is 0.574. The molecule has 2 heterocycles. The minimum atomic E-state index is -1.19. The zero-order chi connectivity index (χ0) is 22.7. The Balaban J connectivity index is 1.47. The van der Waals surface area contributed by atoms with Crippen molar-refractivity contribution in [2.45, 2.75) is 25.3 Å². The minimum Gasteiger partial charge on any atom is -0.478 e. The normalized spacial score (nSPS) is 15.5. The van der Waals surface area contributed by atoms with Crippen molar-refractivity contribution < 1.29 is 23.9 Å². The number of carboxylic acids is 1. The van der Waals surface area contributed by atoms with Gasteiger partial charge >= 0.3 is 5.97 Å². The maximum Gasteiger partial charge on any atom is 0.337 e.